The van der Waals surface area contributed by atoms with Crippen molar-refractivity contribution in [3.63, 3.8) is 0 Å². The van der Waals surface area contributed by atoms with Crippen molar-refractivity contribution in [1.82, 2.24) is 14.9 Å². The van der Waals surface area contributed by atoms with E-state index in [1.807, 2.05) is 18.2 Å². The van der Waals surface area contributed by atoms with E-state index in [4.69, 9.17) is 9.47 Å². The van der Waals surface area contributed by atoms with Crippen molar-refractivity contribution in [1.29, 1.82) is 0 Å². The third-order valence-electron chi connectivity index (χ3n) is 3.73. The molecule has 0 spiro atoms. The lowest BCUT2D eigenvalue weighted by Gasteiger charge is -2.07. The number of rotatable bonds is 7. The van der Waals surface area contributed by atoms with Crippen molar-refractivity contribution in [2.45, 2.75) is 17.8 Å². The minimum Gasteiger partial charge on any atom is -0.493 e. The first-order valence-corrected chi connectivity index (χ1v) is 9.03. The molecule has 2 aromatic carbocycles. The average molecular weight is 368 g/mol. The smallest absolute Gasteiger partial charge is 0.212 e. The minimum absolute atomic E-state index is 0.661. The number of methoxy groups -OCH3 is 2. The molecule has 0 amide bonds. The zero-order valence-corrected chi connectivity index (χ0v) is 15.7. The Morgan fingerprint density at radius 1 is 1.08 bits per heavy atom. The van der Waals surface area contributed by atoms with Crippen LogP contribution in [0.5, 0.6) is 11.5 Å². The SMILES string of the molecule is COc1ccc(/C=N/n2cnnc2SCc2ccc(C)cc2)cc1OC. The predicted molar refractivity (Wildman–Crippen MR) is 103 cm³/mol. The summed E-state index contributed by atoms with van der Waals surface area (Å²) in [7, 11) is 3.22. The maximum absolute atomic E-state index is 5.31. The van der Waals surface area contributed by atoms with Crippen LogP contribution >= 0.6 is 11.8 Å². The fourth-order valence-corrected chi connectivity index (χ4v) is 3.11. The summed E-state index contributed by atoms with van der Waals surface area (Å²) in [5, 5.41) is 13.3. The minimum atomic E-state index is 0.661. The van der Waals surface area contributed by atoms with Gasteiger partial charge in [-0.05, 0) is 36.2 Å². The quantitative estimate of drug-likeness (QED) is 0.469. The highest BCUT2D eigenvalue weighted by molar-refractivity contribution is 7.98. The summed E-state index contributed by atoms with van der Waals surface area (Å²) in [4.78, 5) is 0. The monoisotopic (exact) mass is 368 g/mol. The lowest BCUT2D eigenvalue weighted by Crippen LogP contribution is -1.95. The van der Waals surface area contributed by atoms with E-state index in [1.165, 1.54) is 11.1 Å². The van der Waals surface area contributed by atoms with Gasteiger partial charge in [0.2, 0.25) is 5.16 Å². The van der Waals surface area contributed by atoms with E-state index >= 15 is 0 Å². The molecule has 0 N–H and O–H groups in total. The van der Waals surface area contributed by atoms with Gasteiger partial charge in [0.25, 0.3) is 0 Å². The van der Waals surface area contributed by atoms with Gasteiger partial charge in [-0.2, -0.15) is 9.78 Å². The van der Waals surface area contributed by atoms with E-state index in [1.54, 1.807) is 43.2 Å². The third kappa shape index (κ3) is 4.43. The van der Waals surface area contributed by atoms with E-state index in [-0.39, 0.29) is 0 Å². The van der Waals surface area contributed by atoms with E-state index in [0.717, 1.165) is 16.5 Å². The Morgan fingerprint density at radius 3 is 2.58 bits per heavy atom. The molecule has 0 unspecified atom stereocenters. The fraction of sp³-hybridized carbons (Fsp3) is 0.211. The van der Waals surface area contributed by atoms with Gasteiger partial charge in [-0.1, -0.05) is 41.6 Å². The highest BCUT2D eigenvalue weighted by atomic mass is 32.2. The van der Waals surface area contributed by atoms with Crippen molar-refractivity contribution < 1.29 is 9.47 Å². The van der Waals surface area contributed by atoms with Gasteiger partial charge in [0.15, 0.2) is 11.5 Å². The standard InChI is InChI=1S/C19H20N4O2S/c1-14-4-6-15(7-5-14)12-26-19-22-20-13-23(19)21-11-16-8-9-17(24-2)18(10-16)25-3/h4-11,13H,12H2,1-3H3/b21-11+. The molecule has 134 valence electrons. The summed E-state index contributed by atoms with van der Waals surface area (Å²) in [5.74, 6) is 2.16. The first-order chi connectivity index (χ1) is 12.7. The van der Waals surface area contributed by atoms with Crippen LogP contribution in [-0.4, -0.2) is 35.3 Å². The van der Waals surface area contributed by atoms with Crippen molar-refractivity contribution in [3.05, 3.63) is 65.5 Å². The molecule has 0 atom stereocenters. The fourth-order valence-electron chi connectivity index (χ4n) is 2.29. The van der Waals surface area contributed by atoms with Crippen LogP contribution in [0.3, 0.4) is 0 Å². The van der Waals surface area contributed by atoms with E-state index in [2.05, 4.69) is 46.5 Å². The molecule has 26 heavy (non-hydrogen) atoms. The molecular weight excluding hydrogens is 348 g/mol. The number of hydrogen-bond acceptors (Lipinski definition) is 6. The maximum Gasteiger partial charge on any atom is 0.212 e. The van der Waals surface area contributed by atoms with Gasteiger partial charge in [0.05, 0.1) is 20.4 Å². The summed E-state index contributed by atoms with van der Waals surface area (Å²) in [5.41, 5.74) is 3.38. The molecule has 0 aliphatic heterocycles. The Kier molecular flexibility index (Phi) is 5.91. The van der Waals surface area contributed by atoms with Gasteiger partial charge in [-0.3, -0.25) is 0 Å². The topological polar surface area (TPSA) is 61.5 Å². The number of nitrogens with zero attached hydrogens (tertiary/aromatic N) is 4. The van der Waals surface area contributed by atoms with Gasteiger partial charge < -0.3 is 9.47 Å². The normalized spacial score (nSPS) is 11.0. The van der Waals surface area contributed by atoms with Crippen LogP contribution in [0.4, 0.5) is 0 Å². The van der Waals surface area contributed by atoms with Crippen molar-refractivity contribution >= 4 is 18.0 Å². The van der Waals surface area contributed by atoms with Crippen LogP contribution in [0.2, 0.25) is 0 Å². The second-order valence-electron chi connectivity index (χ2n) is 5.59. The highest BCUT2D eigenvalue weighted by Crippen LogP contribution is 2.27. The van der Waals surface area contributed by atoms with Crippen LogP contribution in [0.25, 0.3) is 0 Å². The maximum atomic E-state index is 5.31. The van der Waals surface area contributed by atoms with Crippen LogP contribution in [-0.2, 0) is 5.75 Å². The van der Waals surface area contributed by atoms with Crippen LogP contribution in [0.15, 0.2) is 59.0 Å². The number of aromatic nitrogens is 3. The average Bonchev–Trinajstić information content (AvgIpc) is 3.13. The Bertz CT molecular complexity index is 891. The van der Waals surface area contributed by atoms with Crippen LogP contribution < -0.4 is 9.47 Å². The first-order valence-electron chi connectivity index (χ1n) is 8.04. The van der Waals surface area contributed by atoms with Crippen molar-refractivity contribution in [2.75, 3.05) is 14.2 Å². The van der Waals surface area contributed by atoms with E-state index in [9.17, 15) is 0 Å². The molecule has 3 rings (SSSR count). The highest BCUT2D eigenvalue weighted by Gasteiger charge is 2.06. The Balaban J connectivity index is 1.70. The molecule has 0 saturated carbocycles. The molecule has 0 aliphatic rings. The molecular formula is C19H20N4O2S. The number of ether oxygens (including phenoxy) is 2. The molecule has 3 aromatic rings. The predicted octanol–water partition coefficient (Wildman–Crippen LogP) is 3.78. The molecule has 0 radical (unpaired) electrons. The number of benzene rings is 2. The zero-order chi connectivity index (χ0) is 18.4. The first kappa shape index (κ1) is 18.0. The molecule has 0 bridgehead atoms. The molecule has 6 nitrogen and oxygen atoms in total. The van der Waals surface area contributed by atoms with Gasteiger partial charge in [0.1, 0.15) is 6.33 Å². The zero-order valence-electron chi connectivity index (χ0n) is 14.9. The van der Waals surface area contributed by atoms with Gasteiger partial charge >= 0.3 is 0 Å². The summed E-state index contributed by atoms with van der Waals surface area (Å²) in [6.07, 6.45) is 3.33. The Labute approximate surface area is 156 Å². The number of hydrogen-bond donors (Lipinski definition) is 0. The number of aryl methyl sites for hydroxylation is 1. The largest absolute Gasteiger partial charge is 0.493 e. The molecule has 0 fully saturated rings. The molecule has 7 heteroatoms. The molecule has 1 aromatic heterocycles. The van der Waals surface area contributed by atoms with E-state index in [0.29, 0.717) is 11.5 Å². The Hall–Kier alpha value is -2.80. The Morgan fingerprint density at radius 2 is 1.85 bits per heavy atom. The molecule has 0 aliphatic carbocycles. The van der Waals surface area contributed by atoms with Gasteiger partial charge in [-0.15, -0.1) is 10.2 Å². The van der Waals surface area contributed by atoms with Crippen molar-refractivity contribution in [3.8, 4) is 11.5 Å². The summed E-state index contributed by atoms with van der Waals surface area (Å²) in [6, 6.07) is 14.1. The van der Waals surface area contributed by atoms with Crippen LogP contribution in [0, 0.1) is 6.92 Å². The summed E-state index contributed by atoms with van der Waals surface area (Å²) in [6.45, 7) is 2.08. The van der Waals surface area contributed by atoms with Crippen LogP contribution in [0.1, 0.15) is 16.7 Å². The number of thioether (sulfide) groups is 1. The van der Waals surface area contributed by atoms with Gasteiger partial charge in [0, 0.05) is 5.75 Å². The third-order valence-corrected chi connectivity index (χ3v) is 4.73. The molecule has 1 heterocycles. The summed E-state index contributed by atoms with van der Waals surface area (Å²) < 4.78 is 12.2. The lowest BCUT2D eigenvalue weighted by molar-refractivity contribution is 0.355. The summed E-state index contributed by atoms with van der Waals surface area (Å²) >= 11 is 1.59. The van der Waals surface area contributed by atoms with Crippen molar-refractivity contribution in [2.24, 2.45) is 5.10 Å². The lowest BCUT2D eigenvalue weighted by atomic mass is 10.2. The molecule has 0 saturated heterocycles. The second-order valence-corrected chi connectivity index (χ2v) is 6.53. The second kappa shape index (κ2) is 8.53. The van der Waals surface area contributed by atoms with Gasteiger partial charge in [-0.25, -0.2) is 0 Å². The van der Waals surface area contributed by atoms with E-state index < -0.39 is 0 Å².